The fraction of sp³-hybridized carbons (Fsp3) is 0.421. The van der Waals surface area contributed by atoms with Crippen molar-refractivity contribution >= 4 is 23.2 Å². The number of amides is 2. The van der Waals surface area contributed by atoms with Crippen LogP contribution in [0.1, 0.15) is 35.2 Å². The quantitative estimate of drug-likeness (QED) is 0.884. The van der Waals surface area contributed by atoms with Gasteiger partial charge in [-0.2, -0.15) is 0 Å². The van der Waals surface area contributed by atoms with Gasteiger partial charge in [-0.25, -0.2) is 4.98 Å². The SMILES string of the molecule is Cc1ccc(-c2nc(C)sc2CC(=O)NC2CCC(C)NC2=O)cc1. The van der Waals surface area contributed by atoms with E-state index in [1.54, 1.807) is 0 Å². The van der Waals surface area contributed by atoms with E-state index in [1.165, 1.54) is 16.9 Å². The molecule has 1 aromatic carbocycles. The molecule has 1 aromatic heterocycles. The maximum atomic E-state index is 12.4. The van der Waals surface area contributed by atoms with Gasteiger partial charge in [0.15, 0.2) is 0 Å². The molecular weight excluding hydrogens is 334 g/mol. The number of piperidine rings is 1. The zero-order valence-electron chi connectivity index (χ0n) is 14.8. The Balaban J connectivity index is 1.71. The highest BCUT2D eigenvalue weighted by Gasteiger charge is 2.27. The molecule has 1 aliphatic heterocycles. The Labute approximate surface area is 151 Å². The smallest absolute Gasteiger partial charge is 0.242 e. The lowest BCUT2D eigenvalue weighted by Crippen LogP contribution is -2.53. The summed E-state index contributed by atoms with van der Waals surface area (Å²) in [6.07, 6.45) is 1.81. The molecule has 0 aliphatic carbocycles. The van der Waals surface area contributed by atoms with Gasteiger partial charge in [0, 0.05) is 16.5 Å². The van der Waals surface area contributed by atoms with Gasteiger partial charge in [-0.05, 0) is 33.6 Å². The van der Waals surface area contributed by atoms with Crippen molar-refractivity contribution in [2.75, 3.05) is 0 Å². The lowest BCUT2D eigenvalue weighted by atomic mass is 10.0. The summed E-state index contributed by atoms with van der Waals surface area (Å²) in [7, 11) is 0. The molecule has 2 unspecified atom stereocenters. The van der Waals surface area contributed by atoms with E-state index in [2.05, 4.69) is 15.6 Å². The molecule has 0 spiro atoms. The minimum atomic E-state index is -0.430. The molecule has 132 valence electrons. The van der Waals surface area contributed by atoms with Crippen LogP contribution in [0.2, 0.25) is 0 Å². The fourth-order valence-corrected chi connectivity index (χ4v) is 3.98. The summed E-state index contributed by atoms with van der Waals surface area (Å²) >= 11 is 1.53. The highest BCUT2D eigenvalue weighted by molar-refractivity contribution is 7.12. The van der Waals surface area contributed by atoms with Gasteiger partial charge < -0.3 is 10.6 Å². The third-order valence-corrected chi connectivity index (χ3v) is 5.35. The van der Waals surface area contributed by atoms with Crippen LogP contribution in [0, 0.1) is 13.8 Å². The number of carbonyl (C=O) groups excluding carboxylic acids is 2. The van der Waals surface area contributed by atoms with Gasteiger partial charge in [0.2, 0.25) is 11.8 Å². The van der Waals surface area contributed by atoms with Crippen molar-refractivity contribution in [1.29, 1.82) is 0 Å². The van der Waals surface area contributed by atoms with E-state index in [0.29, 0.717) is 6.42 Å². The van der Waals surface area contributed by atoms with Crippen LogP contribution in [-0.4, -0.2) is 28.9 Å². The van der Waals surface area contributed by atoms with Crippen LogP contribution in [0.4, 0.5) is 0 Å². The first-order chi connectivity index (χ1) is 11.9. The molecule has 0 saturated carbocycles. The Morgan fingerprint density at radius 2 is 2.00 bits per heavy atom. The van der Waals surface area contributed by atoms with E-state index >= 15 is 0 Å². The maximum absolute atomic E-state index is 12.4. The molecular formula is C19H23N3O2S. The molecule has 0 radical (unpaired) electrons. The number of aromatic nitrogens is 1. The van der Waals surface area contributed by atoms with E-state index in [1.807, 2.05) is 45.0 Å². The zero-order chi connectivity index (χ0) is 18.0. The van der Waals surface area contributed by atoms with Crippen LogP contribution in [0.3, 0.4) is 0 Å². The Morgan fingerprint density at radius 1 is 1.28 bits per heavy atom. The number of nitrogens with zero attached hydrogens (tertiary/aromatic N) is 1. The van der Waals surface area contributed by atoms with E-state index in [4.69, 9.17) is 0 Å². The highest BCUT2D eigenvalue weighted by atomic mass is 32.1. The van der Waals surface area contributed by atoms with E-state index < -0.39 is 6.04 Å². The third-order valence-electron chi connectivity index (χ3n) is 4.38. The van der Waals surface area contributed by atoms with Gasteiger partial charge in [-0.3, -0.25) is 9.59 Å². The monoisotopic (exact) mass is 357 g/mol. The summed E-state index contributed by atoms with van der Waals surface area (Å²) in [6, 6.07) is 7.89. The molecule has 2 amide bonds. The maximum Gasteiger partial charge on any atom is 0.242 e. The molecule has 6 heteroatoms. The van der Waals surface area contributed by atoms with Crippen LogP contribution < -0.4 is 10.6 Å². The van der Waals surface area contributed by atoms with Crippen molar-refractivity contribution in [3.05, 3.63) is 39.7 Å². The van der Waals surface area contributed by atoms with Crippen molar-refractivity contribution in [2.24, 2.45) is 0 Å². The van der Waals surface area contributed by atoms with Gasteiger partial charge in [0.05, 0.1) is 17.1 Å². The van der Waals surface area contributed by atoms with Crippen LogP contribution in [-0.2, 0) is 16.0 Å². The summed E-state index contributed by atoms with van der Waals surface area (Å²) in [6.45, 7) is 5.96. The molecule has 2 N–H and O–H groups in total. The second-order valence-electron chi connectivity index (χ2n) is 6.65. The minimum absolute atomic E-state index is 0.0913. The lowest BCUT2D eigenvalue weighted by molar-refractivity contribution is -0.130. The van der Waals surface area contributed by atoms with Crippen molar-refractivity contribution in [3.63, 3.8) is 0 Å². The molecule has 2 aromatic rings. The van der Waals surface area contributed by atoms with E-state index in [0.717, 1.165) is 27.6 Å². The Morgan fingerprint density at radius 3 is 2.68 bits per heavy atom. The first kappa shape index (κ1) is 17.6. The number of nitrogens with one attached hydrogen (secondary N) is 2. The van der Waals surface area contributed by atoms with Gasteiger partial charge in [-0.1, -0.05) is 29.8 Å². The molecule has 5 nitrogen and oxygen atoms in total. The summed E-state index contributed by atoms with van der Waals surface area (Å²) < 4.78 is 0. The largest absolute Gasteiger partial charge is 0.352 e. The average Bonchev–Trinajstić information content (AvgIpc) is 2.91. The van der Waals surface area contributed by atoms with Crippen molar-refractivity contribution in [2.45, 2.75) is 52.1 Å². The van der Waals surface area contributed by atoms with Crippen LogP contribution in [0.5, 0.6) is 0 Å². The molecule has 0 bridgehead atoms. The summed E-state index contributed by atoms with van der Waals surface area (Å²) in [4.78, 5) is 30.0. The van der Waals surface area contributed by atoms with Crippen molar-refractivity contribution in [1.82, 2.24) is 15.6 Å². The number of hydrogen-bond donors (Lipinski definition) is 2. The molecule has 2 atom stereocenters. The standard InChI is InChI=1S/C19H23N3O2S/c1-11-4-7-14(8-5-11)18-16(25-13(3)21-18)10-17(23)22-15-9-6-12(2)20-19(15)24/h4-5,7-8,12,15H,6,9-10H2,1-3H3,(H,20,24)(H,22,23). The zero-order valence-corrected chi connectivity index (χ0v) is 15.6. The van der Waals surface area contributed by atoms with Gasteiger partial charge in [-0.15, -0.1) is 11.3 Å². The predicted molar refractivity (Wildman–Crippen MR) is 99.5 cm³/mol. The molecule has 1 fully saturated rings. The Bertz CT molecular complexity index is 782. The van der Waals surface area contributed by atoms with Crippen molar-refractivity contribution < 1.29 is 9.59 Å². The van der Waals surface area contributed by atoms with Crippen LogP contribution in [0.15, 0.2) is 24.3 Å². The fourth-order valence-electron chi connectivity index (χ4n) is 3.02. The minimum Gasteiger partial charge on any atom is -0.352 e. The number of hydrogen-bond acceptors (Lipinski definition) is 4. The van der Waals surface area contributed by atoms with Crippen molar-refractivity contribution in [3.8, 4) is 11.3 Å². The van der Waals surface area contributed by atoms with E-state index in [-0.39, 0.29) is 24.3 Å². The number of aryl methyl sites for hydroxylation is 2. The van der Waals surface area contributed by atoms with Crippen LogP contribution >= 0.6 is 11.3 Å². The summed E-state index contributed by atoms with van der Waals surface area (Å²) in [5.41, 5.74) is 3.06. The number of carbonyl (C=O) groups is 2. The van der Waals surface area contributed by atoms with Gasteiger partial charge in [0.25, 0.3) is 0 Å². The molecule has 1 saturated heterocycles. The number of thiazole rings is 1. The van der Waals surface area contributed by atoms with Gasteiger partial charge >= 0.3 is 0 Å². The first-order valence-corrected chi connectivity index (χ1v) is 9.37. The van der Waals surface area contributed by atoms with Gasteiger partial charge in [0.1, 0.15) is 6.04 Å². The normalized spacial score (nSPS) is 20.2. The molecule has 2 heterocycles. The summed E-state index contributed by atoms with van der Waals surface area (Å²) in [5, 5.41) is 6.68. The molecule has 1 aliphatic rings. The van der Waals surface area contributed by atoms with Crippen LogP contribution in [0.25, 0.3) is 11.3 Å². The Hall–Kier alpha value is -2.21. The first-order valence-electron chi connectivity index (χ1n) is 8.55. The number of benzene rings is 1. The topological polar surface area (TPSA) is 71.1 Å². The molecule has 3 rings (SSSR count). The van der Waals surface area contributed by atoms with E-state index in [9.17, 15) is 9.59 Å². The second kappa shape index (κ2) is 7.35. The second-order valence-corrected chi connectivity index (χ2v) is 7.94. The molecule has 25 heavy (non-hydrogen) atoms. The highest BCUT2D eigenvalue weighted by Crippen LogP contribution is 2.28. The third kappa shape index (κ3) is 4.25. The lowest BCUT2D eigenvalue weighted by Gasteiger charge is -2.27. The average molecular weight is 357 g/mol. The summed E-state index contributed by atoms with van der Waals surface area (Å²) in [5.74, 6) is -0.224. The predicted octanol–water partition coefficient (Wildman–Crippen LogP) is 2.75. The Kier molecular flexibility index (Phi) is 5.18. The number of rotatable bonds is 4.